The highest BCUT2D eigenvalue weighted by atomic mass is 16.6. The van der Waals surface area contributed by atoms with Gasteiger partial charge in [0.15, 0.2) is 5.82 Å². The van der Waals surface area contributed by atoms with Crippen molar-refractivity contribution in [2.24, 2.45) is 7.05 Å². The molecule has 0 amide bonds. The van der Waals surface area contributed by atoms with Gasteiger partial charge in [-0.2, -0.15) is 4.98 Å². The Morgan fingerprint density at radius 3 is 2.64 bits per heavy atom. The smallest absolute Gasteiger partial charge is 0.371 e. The third-order valence-electron chi connectivity index (χ3n) is 1.68. The van der Waals surface area contributed by atoms with E-state index >= 15 is 0 Å². The van der Waals surface area contributed by atoms with Crippen molar-refractivity contribution in [1.29, 1.82) is 0 Å². The van der Waals surface area contributed by atoms with Crippen LogP contribution in [0.1, 0.15) is 0 Å². The molecule has 0 radical (unpaired) electrons. The quantitative estimate of drug-likeness (QED) is 0.488. The Bertz CT molecular complexity index is 438. The molecule has 0 bridgehead atoms. The van der Waals surface area contributed by atoms with Crippen LogP contribution >= 0.6 is 0 Å². The van der Waals surface area contributed by atoms with Gasteiger partial charge in [0.1, 0.15) is 0 Å². The van der Waals surface area contributed by atoms with Crippen LogP contribution in [0.3, 0.4) is 0 Å². The molecule has 1 heterocycles. The Labute approximate surface area is 78.0 Å². The summed E-state index contributed by atoms with van der Waals surface area (Å²) < 4.78 is 0.942. The van der Waals surface area contributed by atoms with Crippen molar-refractivity contribution in [3.8, 4) is 5.88 Å². The SMILES string of the molecule is CNc1c([N+](=O)[O-])c(O)nc(=O)n1C. The molecule has 1 aromatic heterocycles. The van der Waals surface area contributed by atoms with Crippen molar-refractivity contribution in [3.05, 3.63) is 20.6 Å². The normalized spacial score (nSPS) is 9.86. The van der Waals surface area contributed by atoms with Crippen LogP contribution < -0.4 is 11.0 Å². The van der Waals surface area contributed by atoms with E-state index in [0.29, 0.717) is 0 Å². The maximum absolute atomic E-state index is 11.0. The molecule has 8 nitrogen and oxygen atoms in total. The van der Waals surface area contributed by atoms with Gasteiger partial charge in [0.25, 0.3) is 5.88 Å². The molecular formula is C6H8N4O4. The average molecular weight is 200 g/mol. The highest BCUT2D eigenvalue weighted by Crippen LogP contribution is 2.28. The monoisotopic (exact) mass is 200 g/mol. The van der Waals surface area contributed by atoms with Gasteiger partial charge in [-0.15, -0.1) is 0 Å². The van der Waals surface area contributed by atoms with Crippen molar-refractivity contribution < 1.29 is 10.0 Å². The summed E-state index contributed by atoms with van der Waals surface area (Å²) in [4.78, 5) is 23.8. The number of aromatic nitrogens is 2. The summed E-state index contributed by atoms with van der Waals surface area (Å²) in [7, 11) is 2.72. The maximum Gasteiger partial charge on any atom is 0.371 e. The Kier molecular flexibility index (Phi) is 2.36. The summed E-state index contributed by atoms with van der Waals surface area (Å²) in [6, 6.07) is 0. The first-order valence-electron chi connectivity index (χ1n) is 3.61. The van der Waals surface area contributed by atoms with Crippen LogP contribution in [0.2, 0.25) is 0 Å². The molecule has 1 aromatic rings. The van der Waals surface area contributed by atoms with Crippen molar-refractivity contribution in [3.63, 3.8) is 0 Å². The minimum absolute atomic E-state index is 0.0903. The number of anilines is 1. The number of aromatic hydroxyl groups is 1. The summed E-state index contributed by atoms with van der Waals surface area (Å²) in [6.07, 6.45) is 0. The lowest BCUT2D eigenvalue weighted by molar-refractivity contribution is -0.385. The van der Waals surface area contributed by atoms with Crippen molar-refractivity contribution in [1.82, 2.24) is 9.55 Å². The lowest BCUT2D eigenvalue weighted by Crippen LogP contribution is -2.23. The molecule has 0 aromatic carbocycles. The van der Waals surface area contributed by atoms with E-state index in [1.807, 2.05) is 0 Å². The van der Waals surface area contributed by atoms with Gasteiger partial charge in [0.2, 0.25) is 0 Å². The van der Waals surface area contributed by atoms with Gasteiger partial charge in [0, 0.05) is 14.1 Å². The first-order chi connectivity index (χ1) is 6.49. The Morgan fingerprint density at radius 1 is 1.64 bits per heavy atom. The van der Waals surface area contributed by atoms with E-state index in [0.717, 1.165) is 4.57 Å². The molecule has 0 atom stereocenters. The summed E-state index contributed by atoms with van der Waals surface area (Å²) in [5.41, 5.74) is -1.38. The van der Waals surface area contributed by atoms with Crippen LogP contribution in [0.5, 0.6) is 5.88 Å². The summed E-state index contributed by atoms with van der Waals surface area (Å²) in [5.74, 6) is -0.977. The number of nitrogens with zero attached hydrogens (tertiary/aromatic N) is 3. The zero-order valence-electron chi connectivity index (χ0n) is 7.51. The van der Waals surface area contributed by atoms with E-state index in [2.05, 4.69) is 10.3 Å². The molecular weight excluding hydrogens is 192 g/mol. The zero-order chi connectivity index (χ0) is 10.9. The molecule has 0 spiro atoms. The maximum atomic E-state index is 11.0. The fourth-order valence-electron chi connectivity index (χ4n) is 1.03. The third-order valence-corrected chi connectivity index (χ3v) is 1.68. The minimum atomic E-state index is -0.887. The molecule has 2 N–H and O–H groups in total. The van der Waals surface area contributed by atoms with Crippen molar-refractivity contribution in [2.45, 2.75) is 0 Å². The van der Waals surface area contributed by atoms with E-state index in [1.54, 1.807) is 0 Å². The zero-order valence-corrected chi connectivity index (χ0v) is 7.51. The Balaban J connectivity index is 3.64. The second kappa shape index (κ2) is 3.32. The van der Waals surface area contributed by atoms with E-state index in [4.69, 9.17) is 5.11 Å². The molecule has 0 aliphatic heterocycles. The topological polar surface area (TPSA) is 110 Å². The highest BCUT2D eigenvalue weighted by Gasteiger charge is 2.24. The van der Waals surface area contributed by atoms with E-state index in [1.165, 1.54) is 14.1 Å². The second-order valence-electron chi connectivity index (χ2n) is 2.48. The van der Waals surface area contributed by atoms with Crippen LogP contribution in [-0.4, -0.2) is 26.6 Å². The van der Waals surface area contributed by atoms with Crippen LogP contribution in [-0.2, 0) is 7.05 Å². The number of nitrogens with one attached hydrogen (secondary N) is 1. The van der Waals surface area contributed by atoms with Gasteiger partial charge < -0.3 is 10.4 Å². The van der Waals surface area contributed by atoms with Crippen molar-refractivity contribution in [2.75, 3.05) is 12.4 Å². The van der Waals surface area contributed by atoms with Gasteiger partial charge in [-0.25, -0.2) is 4.79 Å². The number of nitro groups is 1. The predicted octanol–water partition coefficient (Wildman–Crippen LogP) is -0.564. The molecule has 0 aliphatic rings. The molecule has 0 fully saturated rings. The predicted molar refractivity (Wildman–Crippen MR) is 47.3 cm³/mol. The Hall–Kier alpha value is -2.12. The number of hydrogen-bond donors (Lipinski definition) is 2. The fourth-order valence-corrected chi connectivity index (χ4v) is 1.03. The lowest BCUT2D eigenvalue weighted by Gasteiger charge is -2.06. The molecule has 1 rings (SSSR count). The van der Waals surface area contributed by atoms with Gasteiger partial charge in [-0.1, -0.05) is 0 Å². The lowest BCUT2D eigenvalue weighted by atomic mass is 10.4. The van der Waals surface area contributed by atoms with Crippen LogP contribution in [0.15, 0.2) is 4.79 Å². The largest absolute Gasteiger partial charge is 0.488 e. The van der Waals surface area contributed by atoms with Crippen LogP contribution in [0.25, 0.3) is 0 Å². The fraction of sp³-hybridized carbons (Fsp3) is 0.333. The van der Waals surface area contributed by atoms with Gasteiger partial charge in [-0.05, 0) is 0 Å². The number of hydrogen-bond acceptors (Lipinski definition) is 6. The third kappa shape index (κ3) is 1.37. The van der Waals surface area contributed by atoms with Gasteiger partial charge in [-0.3, -0.25) is 14.7 Å². The Morgan fingerprint density at radius 2 is 2.21 bits per heavy atom. The van der Waals surface area contributed by atoms with E-state index in [-0.39, 0.29) is 5.82 Å². The molecule has 8 heteroatoms. The molecule has 76 valence electrons. The second-order valence-corrected chi connectivity index (χ2v) is 2.48. The van der Waals surface area contributed by atoms with E-state index in [9.17, 15) is 14.9 Å². The summed E-state index contributed by atoms with van der Waals surface area (Å²) in [6.45, 7) is 0. The molecule has 0 saturated heterocycles. The summed E-state index contributed by atoms with van der Waals surface area (Å²) >= 11 is 0. The first-order valence-corrected chi connectivity index (χ1v) is 3.61. The molecule has 0 aliphatic carbocycles. The minimum Gasteiger partial charge on any atom is -0.488 e. The average Bonchev–Trinajstić information content (AvgIpc) is 2.09. The molecule has 14 heavy (non-hydrogen) atoms. The van der Waals surface area contributed by atoms with Crippen molar-refractivity contribution >= 4 is 11.5 Å². The first kappa shape index (κ1) is 9.96. The summed E-state index contributed by atoms with van der Waals surface area (Å²) in [5, 5.41) is 22.1. The highest BCUT2D eigenvalue weighted by molar-refractivity contribution is 5.60. The van der Waals surface area contributed by atoms with Crippen LogP contribution in [0.4, 0.5) is 11.5 Å². The molecule has 0 unspecified atom stereocenters. The number of rotatable bonds is 2. The standard InChI is InChI=1S/C6H8N4O4/c1-7-4-3(10(13)14)5(11)8-6(12)9(4)2/h7H,1-2H3,(H,8,11,12). The van der Waals surface area contributed by atoms with E-state index < -0.39 is 22.2 Å². The van der Waals surface area contributed by atoms with Gasteiger partial charge in [0.05, 0.1) is 4.92 Å². The van der Waals surface area contributed by atoms with Crippen LogP contribution in [0, 0.1) is 10.1 Å². The van der Waals surface area contributed by atoms with Gasteiger partial charge >= 0.3 is 11.4 Å². The molecule has 0 saturated carbocycles.